The van der Waals surface area contributed by atoms with Crippen LogP contribution in [0.15, 0.2) is 35.7 Å². The zero-order chi connectivity index (χ0) is 15.4. The number of aromatic nitrogens is 1. The number of carbonyl (C=O) groups is 1. The van der Waals surface area contributed by atoms with Crippen LogP contribution in [0.4, 0.5) is 5.69 Å². The molecule has 2 aromatic rings. The fourth-order valence-electron chi connectivity index (χ4n) is 2.68. The van der Waals surface area contributed by atoms with Crippen LogP contribution in [0.5, 0.6) is 0 Å². The van der Waals surface area contributed by atoms with E-state index in [4.69, 9.17) is 5.73 Å². The SMILES string of the molecule is NCc1nc(C(=O)N2CCCN(c3ccccc3)CC2)cs1. The molecule has 1 aliphatic heterocycles. The Balaban J connectivity index is 1.66. The standard InChI is InChI=1S/C16H20N4OS/c17-11-15-18-14(12-22-15)16(21)20-8-4-7-19(9-10-20)13-5-2-1-3-6-13/h1-3,5-6,12H,4,7-11,17H2. The maximum Gasteiger partial charge on any atom is 0.273 e. The van der Waals surface area contributed by atoms with Gasteiger partial charge in [0.05, 0.1) is 0 Å². The van der Waals surface area contributed by atoms with Crippen molar-refractivity contribution in [3.05, 3.63) is 46.4 Å². The third-order valence-corrected chi connectivity index (χ3v) is 4.72. The summed E-state index contributed by atoms with van der Waals surface area (Å²) in [5, 5.41) is 2.62. The molecule has 1 aromatic carbocycles. The summed E-state index contributed by atoms with van der Waals surface area (Å²) in [5.74, 6) is 0.0193. The molecule has 0 saturated carbocycles. The number of thiazole rings is 1. The van der Waals surface area contributed by atoms with Gasteiger partial charge in [0.25, 0.3) is 5.91 Å². The van der Waals surface area contributed by atoms with E-state index in [1.807, 2.05) is 28.5 Å². The lowest BCUT2D eigenvalue weighted by Crippen LogP contribution is -2.35. The lowest BCUT2D eigenvalue weighted by molar-refractivity contribution is 0.0762. The van der Waals surface area contributed by atoms with Crippen molar-refractivity contribution in [2.75, 3.05) is 31.1 Å². The molecule has 1 aliphatic rings. The van der Waals surface area contributed by atoms with Crippen LogP contribution in [-0.2, 0) is 6.54 Å². The summed E-state index contributed by atoms with van der Waals surface area (Å²) in [6, 6.07) is 10.4. The molecule has 1 saturated heterocycles. The van der Waals surface area contributed by atoms with E-state index < -0.39 is 0 Å². The molecule has 1 amide bonds. The normalized spacial score (nSPS) is 15.7. The summed E-state index contributed by atoms with van der Waals surface area (Å²) in [7, 11) is 0. The van der Waals surface area contributed by atoms with Gasteiger partial charge in [-0.05, 0) is 18.6 Å². The van der Waals surface area contributed by atoms with Crippen molar-refractivity contribution < 1.29 is 4.79 Å². The molecule has 116 valence electrons. The summed E-state index contributed by atoms with van der Waals surface area (Å²) >= 11 is 1.45. The minimum absolute atomic E-state index is 0.0193. The highest BCUT2D eigenvalue weighted by molar-refractivity contribution is 7.09. The first-order valence-electron chi connectivity index (χ1n) is 7.51. The molecule has 0 unspecified atom stereocenters. The molecule has 0 atom stereocenters. The van der Waals surface area contributed by atoms with Gasteiger partial charge in [-0.15, -0.1) is 11.3 Å². The Bertz CT molecular complexity index is 628. The number of anilines is 1. The molecule has 1 aromatic heterocycles. The van der Waals surface area contributed by atoms with Crippen molar-refractivity contribution in [3.8, 4) is 0 Å². The summed E-state index contributed by atoms with van der Waals surface area (Å²) in [5.41, 5.74) is 7.31. The number of amides is 1. The Morgan fingerprint density at radius 3 is 2.73 bits per heavy atom. The molecular weight excluding hydrogens is 296 g/mol. The van der Waals surface area contributed by atoms with Gasteiger partial charge in [0.2, 0.25) is 0 Å². The third kappa shape index (κ3) is 3.28. The molecule has 0 aliphatic carbocycles. The molecule has 2 N–H and O–H groups in total. The van der Waals surface area contributed by atoms with E-state index in [2.05, 4.69) is 22.0 Å². The molecular formula is C16H20N4OS. The summed E-state index contributed by atoms with van der Waals surface area (Å²) in [6.45, 7) is 3.71. The summed E-state index contributed by atoms with van der Waals surface area (Å²) in [6.07, 6.45) is 0.967. The second kappa shape index (κ2) is 6.89. The Morgan fingerprint density at radius 1 is 1.18 bits per heavy atom. The largest absolute Gasteiger partial charge is 0.370 e. The predicted octanol–water partition coefficient (Wildman–Crippen LogP) is 1.95. The van der Waals surface area contributed by atoms with Gasteiger partial charge < -0.3 is 15.5 Å². The average molecular weight is 316 g/mol. The van der Waals surface area contributed by atoms with Crippen molar-refractivity contribution in [3.63, 3.8) is 0 Å². The minimum Gasteiger partial charge on any atom is -0.370 e. The number of hydrogen-bond acceptors (Lipinski definition) is 5. The Morgan fingerprint density at radius 2 is 2.00 bits per heavy atom. The summed E-state index contributed by atoms with van der Waals surface area (Å²) in [4.78, 5) is 21.1. The Hall–Kier alpha value is -1.92. The van der Waals surface area contributed by atoms with Gasteiger partial charge in [0.1, 0.15) is 10.7 Å². The van der Waals surface area contributed by atoms with Crippen LogP contribution < -0.4 is 10.6 Å². The minimum atomic E-state index is 0.0193. The van der Waals surface area contributed by atoms with Gasteiger partial charge in [-0.1, -0.05) is 18.2 Å². The second-order valence-electron chi connectivity index (χ2n) is 5.30. The number of nitrogens with two attached hydrogens (primary N) is 1. The van der Waals surface area contributed by atoms with Crippen LogP contribution in [-0.4, -0.2) is 42.0 Å². The summed E-state index contributed by atoms with van der Waals surface area (Å²) < 4.78 is 0. The first-order chi connectivity index (χ1) is 10.8. The maximum absolute atomic E-state index is 12.5. The van der Waals surface area contributed by atoms with E-state index in [9.17, 15) is 4.79 Å². The quantitative estimate of drug-likeness (QED) is 0.940. The molecule has 0 radical (unpaired) electrons. The number of benzene rings is 1. The van der Waals surface area contributed by atoms with Gasteiger partial charge in [-0.3, -0.25) is 4.79 Å². The Kier molecular flexibility index (Phi) is 4.70. The first kappa shape index (κ1) is 15.0. The number of carbonyl (C=O) groups excluding carboxylic acids is 1. The van der Waals surface area contributed by atoms with Crippen molar-refractivity contribution in [1.29, 1.82) is 0 Å². The molecule has 22 heavy (non-hydrogen) atoms. The van der Waals surface area contributed by atoms with E-state index in [1.54, 1.807) is 0 Å². The lowest BCUT2D eigenvalue weighted by Gasteiger charge is -2.23. The predicted molar refractivity (Wildman–Crippen MR) is 89.2 cm³/mol. The number of hydrogen-bond donors (Lipinski definition) is 1. The molecule has 1 fully saturated rings. The van der Waals surface area contributed by atoms with Crippen LogP contribution in [0.1, 0.15) is 21.9 Å². The molecule has 3 rings (SSSR count). The van der Waals surface area contributed by atoms with E-state index in [0.717, 1.165) is 37.6 Å². The molecule has 5 nitrogen and oxygen atoms in total. The highest BCUT2D eigenvalue weighted by Crippen LogP contribution is 2.17. The highest BCUT2D eigenvalue weighted by atomic mass is 32.1. The van der Waals surface area contributed by atoms with Crippen molar-refractivity contribution in [2.45, 2.75) is 13.0 Å². The van der Waals surface area contributed by atoms with Gasteiger partial charge in [-0.25, -0.2) is 4.98 Å². The van der Waals surface area contributed by atoms with Gasteiger partial charge in [-0.2, -0.15) is 0 Å². The van der Waals surface area contributed by atoms with Crippen LogP contribution in [0.3, 0.4) is 0 Å². The van der Waals surface area contributed by atoms with E-state index in [1.165, 1.54) is 17.0 Å². The average Bonchev–Trinajstić information content (AvgIpc) is 2.92. The van der Waals surface area contributed by atoms with Crippen molar-refractivity contribution >= 4 is 22.9 Å². The van der Waals surface area contributed by atoms with Gasteiger partial charge in [0.15, 0.2) is 0 Å². The highest BCUT2D eigenvalue weighted by Gasteiger charge is 2.22. The topological polar surface area (TPSA) is 62.5 Å². The molecule has 6 heteroatoms. The van der Waals surface area contributed by atoms with Crippen LogP contribution in [0, 0.1) is 0 Å². The fraction of sp³-hybridized carbons (Fsp3) is 0.375. The zero-order valence-corrected chi connectivity index (χ0v) is 13.3. The van der Waals surface area contributed by atoms with Gasteiger partial charge >= 0.3 is 0 Å². The first-order valence-corrected chi connectivity index (χ1v) is 8.39. The number of para-hydroxylation sites is 1. The number of nitrogens with zero attached hydrogens (tertiary/aromatic N) is 3. The van der Waals surface area contributed by atoms with Crippen LogP contribution in [0.25, 0.3) is 0 Å². The van der Waals surface area contributed by atoms with E-state index in [-0.39, 0.29) is 5.91 Å². The van der Waals surface area contributed by atoms with Gasteiger partial charge in [0, 0.05) is 43.8 Å². The molecule has 0 bridgehead atoms. The maximum atomic E-state index is 12.5. The monoisotopic (exact) mass is 316 g/mol. The Labute approximate surface area is 134 Å². The molecule has 0 spiro atoms. The smallest absolute Gasteiger partial charge is 0.273 e. The molecule has 2 heterocycles. The van der Waals surface area contributed by atoms with Crippen LogP contribution in [0.2, 0.25) is 0 Å². The lowest BCUT2D eigenvalue weighted by atomic mass is 10.3. The number of rotatable bonds is 3. The van der Waals surface area contributed by atoms with Crippen LogP contribution >= 0.6 is 11.3 Å². The third-order valence-electron chi connectivity index (χ3n) is 3.85. The van der Waals surface area contributed by atoms with E-state index >= 15 is 0 Å². The van der Waals surface area contributed by atoms with Crippen molar-refractivity contribution in [1.82, 2.24) is 9.88 Å². The van der Waals surface area contributed by atoms with Crippen molar-refractivity contribution in [2.24, 2.45) is 5.73 Å². The fourth-order valence-corrected chi connectivity index (χ4v) is 3.33. The van der Waals surface area contributed by atoms with E-state index in [0.29, 0.717) is 12.2 Å². The second-order valence-corrected chi connectivity index (χ2v) is 6.24. The zero-order valence-electron chi connectivity index (χ0n) is 12.4.